The minimum absolute atomic E-state index is 0.00228. The number of imide groups is 1. The Bertz CT molecular complexity index is 1860. The van der Waals surface area contributed by atoms with Crippen LogP contribution in [0.5, 0.6) is 5.75 Å². The van der Waals surface area contributed by atoms with Gasteiger partial charge >= 0.3 is 4.87 Å². The van der Waals surface area contributed by atoms with E-state index in [1.54, 1.807) is 36.0 Å². The molecule has 3 heterocycles. The van der Waals surface area contributed by atoms with Crippen molar-refractivity contribution < 1.29 is 19.1 Å². The van der Waals surface area contributed by atoms with E-state index in [1.807, 2.05) is 54.6 Å². The Kier molecular flexibility index (Phi) is 6.69. The first-order chi connectivity index (χ1) is 21.4. The molecule has 8 nitrogen and oxygen atoms in total. The number of hydrogen-bond donors (Lipinski definition) is 2. The Balaban J connectivity index is 1.13. The quantitative estimate of drug-likeness (QED) is 0.258. The molecule has 8 rings (SSSR count). The van der Waals surface area contributed by atoms with E-state index >= 15 is 0 Å². The summed E-state index contributed by atoms with van der Waals surface area (Å²) >= 11 is 8.91. The Morgan fingerprint density at radius 3 is 2.41 bits per heavy atom. The molecule has 0 radical (unpaired) electrons. The van der Waals surface area contributed by atoms with Crippen molar-refractivity contribution in [2.45, 2.75) is 22.6 Å². The number of anilines is 2. The molecule has 6 unspecified atom stereocenters. The largest absolute Gasteiger partial charge is 0.483 e. The minimum Gasteiger partial charge on any atom is -0.483 e. The number of ether oxygens (including phenoxy) is 1. The summed E-state index contributed by atoms with van der Waals surface area (Å²) in [7, 11) is 0. The van der Waals surface area contributed by atoms with E-state index in [2.05, 4.69) is 10.3 Å². The molecule has 3 aromatic carbocycles. The van der Waals surface area contributed by atoms with Gasteiger partial charge in [-0.1, -0.05) is 59.3 Å². The molecule has 2 saturated carbocycles. The smallest absolute Gasteiger partial charge is 0.305 e. The molecule has 4 aromatic rings. The highest BCUT2D eigenvalue weighted by atomic mass is 35.5. The zero-order chi connectivity index (χ0) is 30.1. The predicted octanol–water partition coefficient (Wildman–Crippen LogP) is 5.79. The fraction of sp³-hybridized carbons (Fsp3) is 0.273. The van der Waals surface area contributed by atoms with Crippen LogP contribution in [0, 0.1) is 29.6 Å². The summed E-state index contributed by atoms with van der Waals surface area (Å²) in [5.41, 5.74) is 2.10. The molecule has 2 aliphatic carbocycles. The van der Waals surface area contributed by atoms with E-state index < -0.39 is 11.8 Å². The highest BCUT2D eigenvalue weighted by Gasteiger charge is 2.69. The summed E-state index contributed by atoms with van der Waals surface area (Å²) < 4.78 is 6.14. The average molecular weight is 644 g/mol. The second kappa shape index (κ2) is 10.6. The van der Waals surface area contributed by atoms with Gasteiger partial charge in [0.2, 0.25) is 11.8 Å². The molecule has 2 N–H and O–H groups in total. The second-order valence-electron chi connectivity index (χ2n) is 11.7. The fourth-order valence-electron chi connectivity index (χ4n) is 7.94. The molecule has 4 aliphatic rings. The Morgan fingerprint density at radius 2 is 1.64 bits per heavy atom. The Hall–Kier alpha value is -3.86. The van der Waals surface area contributed by atoms with Crippen LogP contribution in [-0.2, 0) is 14.4 Å². The SMILES string of the molecule is O=C(COc1ccccc1[C@H]1c2sc(=O)[nH]c2SC2C3CC(C4C(=O)N(c5ccc(Cl)cc5)C(=O)C34)C21)Nc1ccccc1. The van der Waals surface area contributed by atoms with E-state index in [0.717, 1.165) is 21.9 Å². The molecule has 11 heteroatoms. The van der Waals surface area contributed by atoms with Gasteiger partial charge in [0.15, 0.2) is 6.61 Å². The number of carbonyl (C=O) groups is 3. The number of benzene rings is 3. The fourth-order valence-corrected chi connectivity index (χ4v) is 10.9. The molecule has 3 amide bonds. The number of halogens is 1. The number of rotatable bonds is 6. The second-order valence-corrected chi connectivity index (χ2v) is 14.3. The third kappa shape index (κ3) is 4.34. The highest BCUT2D eigenvalue weighted by Crippen LogP contribution is 2.69. The lowest BCUT2D eigenvalue weighted by Crippen LogP contribution is -2.42. The van der Waals surface area contributed by atoms with Crippen LogP contribution >= 0.6 is 34.7 Å². The maximum atomic E-state index is 14.0. The highest BCUT2D eigenvalue weighted by molar-refractivity contribution is 8.00. The molecule has 3 fully saturated rings. The normalized spacial score (nSPS) is 28.0. The number of thioether (sulfide) groups is 1. The number of fused-ring (bicyclic) bond motifs is 9. The van der Waals surface area contributed by atoms with Crippen molar-refractivity contribution in [3.8, 4) is 5.75 Å². The first kappa shape index (κ1) is 27.7. The average Bonchev–Trinajstić information content (AvgIpc) is 3.76. The molecule has 7 atom stereocenters. The van der Waals surface area contributed by atoms with Crippen molar-refractivity contribution in [1.29, 1.82) is 0 Å². The number of nitrogens with one attached hydrogen (secondary N) is 2. The van der Waals surface area contributed by atoms with E-state index in [0.29, 0.717) is 22.1 Å². The number of nitrogens with zero attached hydrogens (tertiary/aromatic N) is 1. The first-order valence-corrected chi connectivity index (χ1v) is 16.6. The van der Waals surface area contributed by atoms with Gasteiger partial charge < -0.3 is 15.0 Å². The van der Waals surface area contributed by atoms with Crippen LogP contribution in [0.15, 0.2) is 88.7 Å². The van der Waals surface area contributed by atoms with Gasteiger partial charge in [-0.15, -0.1) is 11.8 Å². The summed E-state index contributed by atoms with van der Waals surface area (Å²) in [5, 5.41) is 4.25. The van der Waals surface area contributed by atoms with E-state index in [1.165, 1.54) is 16.2 Å². The third-order valence-electron chi connectivity index (χ3n) is 9.48. The Morgan fingerprint density at radius 1 is 0.932 bits per heavy atom. The lowest BCUT2D eigenvalue weighted by atomic mass is 9.68. The molecule has 1 saturated heterocycles. The van der Waals surface area contributed by atoms with E-state index in [-0.39, 0.29) is 58.1 Å². The summed E-state index contributed by atoms with van der Waals surface area (Å²) in [6.07, 6.45) is 0.780. The number of H-pyrrole nitrogens is 1. The van der Waals surface area contributed by atoms with Crippen molar-refractivity contribution in [1.82, 2.24) is 4.98 Å². The number of aromatic amines is 1. The lowest BCUT2D eigenvalue weighted by molar-refractivity contribution is -0.123. The van der Waals surface area contributed by atoms with Crippen molar-refractivity contribution in [2.24, 2.45) is 29.6 Å². The zero-order valence-electron chi connectivity index (χ0n) is 23.1. The van der Waals surface area contributed by atoms with Gasteiger partial charge in [0.1, 0.15) is 5.75 Å². The van der Waals surface area contributed by atoms with Gasteiger partial charge in [-0.05, 0) is 66.6 Å². The van der Waals surface area contributed by atoms with Gasteiger partial charge in [-0.2, -0.15) is 0 Å². The molecule has 2 bridgehead atoms. The van der Waals surface area contributed by atoms with Crippen LogP contribution in [0.25, 0.3) is 0 Å². The molecule has 44 heavy (non-hydrogen) atoms. The zero-order valence-corrected chi connectivity index (χ0v) is 25.5. The Labute approximate surface area is 265 Å². The number of para-hydroxylation sites is 2. The van der Waals surface area contributed by atoms with Crippen LogP contribution in [0.3, 0.4) is 0 Å². The van der Waals surface area contributed by atoms with Gasteiger partial charge in [0.25, 0.3) is 5.91 Å². The van der Waals surface area contributed by atoms with Gasteiger partial charge in [-0.3, -0.25) is 24.1 Å². The summed E-state index contributed by atoms with van der Waals surface area (Å²) in [6, 6.07) is 23.6. The topological polar surface area (TPSA) is 109 Å². The molecular weight excluding hydrogens is 618 g/mol. The van der Waals surface area contributed by atoms with Crippen LogP contribution < -0.4 is 19.8 Å². The monoisotopic (exact) mass is 643 g/mol. The maximum Gasteiger partial charge on any atom is 0.305 e. The van der Waals surface area contributed by atoms with Crippen LogP contribution in [0.4, 0.5) is 11.4 Å². The molecule has 2 aliphatic heterocycles. The molecular formula is C33H26ClN3O5S2. The van der Waals surface area contributed by atoms with Crippen LogP contribution in [0.1, 0.15) is 22.8 Å². The molecule has 0 spiro atoms. The molecule has 1 aromatic heterocycles. The lowest BCUT2D eigenvalue weighted by Gasteiger charge is -2.43. The standard InChI is InChI=1S/C33H26ClN3O5S2/c34-16-10-12-18(13-11-16)37-31(39)26-20-14-21(27(26)32(37)40)28-25(20)24(29-30(43-28)36-33(41)44-29)19-8-4-5-9-22(19)42-15-23(38)35-17-6-2-1-3-7-17/h1-13,20-21,24-28H,14-15H2,(H,35,38)(H,36,41)/t20?,21?,24-,25?,26?,27?,28?/m1/s1. The van der Waals surface area contributed by atoms with E-state index in [9.17, 15) is 19.2 Å². The van der Waals surface area contributed by atoms with E-state index in [4.69, 9.17) is 16.3 Å². The summed E-state index contributed by atoms with van der Waals surface area (Å²) in [5.74, 6) is -1.10. The number of thiazole rings is 1. The number of hydrogen-bond acceptors (Lipinski definition) is 7. The van der Waals surface area contributed by atoms with Gasteiger partial charge in [-0.25, -0.2) is 0 Å². The van der Waals surface area contributed by atoms with Crippen molar-refractivity contribution in [3.05, 3.63) is 104 Å². The number of carbonyl (C=O) groups excluding carboxylic acids is 3. The summed E-state index contributed by atoms with van der Waals surface area (Å²) in [4.78, 5) is 58.4. The third-order valence-corrected chi connectivity index (χ3v) is 12.3. The maximum absolute atomic E-state index is 14.0. The van der Waals surface area contributed by atoms with Gasteiger partial charge in [0.05, 0.1) is 22.5 Å². The van der Waals surface area contributed by atoms with Crippen LogP contribution in [-0.4, -0.2) is 34.6 Å². The van der Waals surface area contributed by atoms with Gasteiger partial charge in [0, 0.05) is 32.3 Å². The summed E-state index contributed by atoms with van der Waals surface area (Å²) in [6.45, 7) is -0.183. The number of amides is 3. The number of aromatic nitrogens is 1. The van der Waals surface area contributed by atoms with Crippen LogP contribution in [0.2, 0.25) is 5.02 Å². The predicted molar refractivity (Wildman–Crippen MR) is 169 cm³/mol. The van der Waals surface area contributed by atoms with Crippen molar-refractivity contribution in [2.75, 3.05) is 16.8 Å². The first-order valence-electron chi connectivity index (χ1n) is 14.5. The van der Waals surface area contributed by atoms with Crippen molar-refractivity contribution >= 4 is 63.8 Å². The molecule has 222 valence electrons. The van der Waals surface area contributed by atoms with Crippen molar-refractivity contribution in [3.63, 3.8) is 0 Å². The minimum atomic E-state index is -0.422.